The minimum absolute atomic E-state index is 0.200. The van der Waals surface area contributed by atoms with E-state index in [1.54, 1.807) is 33.8 Å². The molecule has 0 saturated carbocycles. The number of nitrogens with zero attached hydrogens (tertiary/aromatic N) is 2. The Bertz CT molecular complexity index is 1160. The van der Waals surface area contributed by atoms with Crippen LogP contribution in [0.2, 0.25) is 0 Å². The van der Waals surface area contributed by atoms with Gasteiger partial charge in [0.1, 0.15) is 11.9 Å². The van der Waals surface area contributed by atoms with Gasteiger partial charge >= 0.3 is 5.97 Å². The van der Waals surface area contributed by atoms with E-state index >= 15 is 0 Å². The maximum atomic E-state index is 13.2. The smallest absolute Gasteiger partial charge is 0.309 e. The number of aryl methyl sites for hydroxylation is 1. The second-order valence-corrected chi connectivity index (χ2v) is 13.9. The van der Waals surface area contributed by atoms with Crippen molar-refractivity contribution in [3.8, 4) is 0 Å². The average molecular weight is 572 g/mol. The number of ketones is 1. The Morgan fingerprint density at radius 3 is 2.47 bits per heavy atom. The quantitative estimate of drug-likeness (QED) is 0.369. The minimum Gasteiger partial charge on any atom is -0.458 e. The fourth-order valence-electron chi connectivity index (χ4n) is 5.42. The second kappa shape index (κ2) is 11.8. The number of hydrogen-bond donors (Lipinski definition) is 3. The van der Waals surface area contributed by atoms with E-state index in [4.69, 9.17) is 9.88 Å². The maximum Gasteiger partial charge on any atom is 0.309 e. The van der Waals surface area contributed by atoms with Crippen molar-refractivity contribution in [1.82, 2.24) is 9.29 Å². The number of thiazole rings is 1. The van der Waals surface area contributed by atoms with Crippen LogP contribution in [0, 0.1) is 24.2 Å². The molecule has 3 heterocycles. The number of esters is 1. The van der Waals surface area contributed by atoms with Crippen LogP contribution in [0.25, 0.3) is 6.08 Å². The molecule has 1 aromatic heterocycles. The van der Waals surface area contributed by atoms with Gasteiger partial charge in [0.05, 0.1) is 34.7 Å². The Labute approximate surface area is 229 Å². The molecule has 0 aliphatic carbocycles. The number of carbonyl (C=O) groups is 2. The van der Waals surface area contributed by atoms with Crippen LogP contribution in [-0.4, -0.2) is 70.1 Å². The lowest BCUT2D eigenvalue weighted by Gasteiger charge is -2.34. The predicted molar refractivity (Wildman–Crippen MR) is 145 cm³/mol. The monoisotopic (exact) mass is 571 g/mol. The van der Waals surface area contributed by atoms with E-state index < -0.39 is 58.3 Å². The molecule has 0 amide bonds. The largest absolute Gasteiger partial charge is 0.458 e. The average Bonchev–Trinajstić information content (AvgIpc) is 3.36. The molecule has 3 unspecified atom stereocenters. The van der Waals surface area contributed by atoms with Crippen molar-refractivity contribution in [1.29, 1.82) is 0 Å². The number of cyclic esters (lactones) is 1. The highest BCUT2D eigenvalue weighted by Gasteiger charge is 2.54. The molecule has 2 fully saturated rings. The summed E-state index contributed by atoms with van der Waals surface area (Å²) in [5.41, 5.74) is 0.0953. The van der Waals surface area contributed by atoms with Crippen molar-refractivity contribution in [3.05, 3.63) is 21.7 Å². The summed E-state index contributed by atoms with van der Waals surface area (Å²) in [6, 6.07) is -0.792. The number of fused-ring (bicyclic) bond motifs is 1. The zero-order valence-corrected chi connectivity index (χ0v) is 24.6. The van der Waals surface area contributed by atoms with Crippen LogP contribution in [-0.2, 0) is 24.5 Å². The summed E-state index contributed by atoms with van der Waals surface area (Å²) < 4.78 is 31.6. The van der Waals surface area contributed by atoms with Gasteiger partial charge in [-0.15, -0.1) is 11.3 Å². The molecule has 12 heteroatoms. The van der Waals surface area contributed by atoms with E-state index in [0.29, 0.717) is 30.5 Å². The van der Waals surface area contributed by atoms with Gasteiger partial charge in [-0.25, -0.2) is 10.1 Å². The molecule has 2 aliphatic heterocycles. The highest BCUT2D eigenvalue weighted by molar-refractivity contribution is 7.87. The first-order chi connectivity index (χ1) is 17.5. The zero-order valence-electron chi connectivity index (χ0n) is 23.0. The first kappa shape index (κ1) is 30.8. The summed E-state index contributed by atoms with van der Waals surface area (Å²) in [7, 11) is -3.97. The highest BCUT2D eigenvalue weighted by Crippen LogP contribution is 2.40. The molecule has 3 rings (SSSR count). The van der Waals surface area contributed by atoms with Gasteiger partial charge in [-0.3, -0.25) is 9.59 Å². The first-order valence-corrected chi connectivity index (χ1v) is 15.4. The van der Waals surface area contributed by atoms with Crippen molar-refractivity contribution >= 4 is 39.4 Å². The molecule has 0 radical (unpaired) electrons. The molecule has 8 atom stereocenters. The van der Waals surface area contributed by atoms with Crippen LogP contribution in [0.1, 0.15) is 77.4 Å². The van der Waals surface area contributed by atoms with Gasteiger partial charge in [-0.2, -0.15) is 12.7 Å². The number of Topliss-reactive ketones (excluding diaryl/α,β-unsaturated/α-hetero) is 1. The van der Waals surface area contributed by atoms with Crippen LogP contribution >= 0.6 is 11.3 Å². The molecule has 0 spiro atoms. The zero-order chi connectivity index (χ0) is 28.6. The van der Waals surface area contributed by atoms with Crippen LogP contribution < -0.4 is 5.14 Å². The van der Waals surface area contributed by atoms with Crippen LogP contribution in [0.3, 0.4) is 0 Å². The fraction of sp³-hybridized carbons (Fsp3) is 0.731. The molecule has 38 heavy (non-hydrogen) atoms. The van der Waals surface area contributed by atoms with E-state index in [1.807, 2.05) is 19.2 Å². The number of aromatic nitrogens is 1. The molecule has 1 aromatic rings. The van der Waals surface area contributed by atoms with Crippen molar-refractivity contribution in [2.45, 2.75) is 104 Å². The van der Waals surface area contributed by atoms with E-state index in [2.05, 4.69) is 4.98 Å². The molecule has 2 aliphatic rings. The summed E-state index contributed by atoms with van der Waals surface area (Å²) >= 11 is 1.48. The lowest BCUT2D eigenvalue weighted by Crippen LogP contribution is -2.45. The summed E-state index contributed by atoms with van der Waals surface area (Å²) in [6.45, 7) is 10.3. The topological polar surface area (TPSA) is 160 Å². The van der Waals surface area contributed by atoms with Gasteiger partial charge in [-0.05, 0) is 44.3 Å². The van der Waals surface area contributed by atoms with Crippen molar-refractivity contribution in [3.63, 3.8) is 0 Å². The highest BCUT2D eigenvalue weighted by atomic mass is 32.2. The molecular formula is C26H41N3O7S2. The Morgan fingerprint density at radius 1 is 1.24 bits per heavy atom. The van der Waals surface area contributed by atoms with Crippen molar-refractivity contribution in [2.75, 3.05) is 0 Å². The summed E-state index contributed by atoms with van der Waals surface area (Å²) in [5.74, 6) is -2.02. The molecule has 2 saturated heterocycles. The van der Waals surface area contributed by atoms with Gasteiger partial charge in [0.2, 0.25) is 0 Å². The number of ether oxygens (including phenoxy) is 1. The van der Waals surface area contributed by atoms with E-state index in [9.17, 15) is 28.2 Å². The van der Waals surface area contributed by atoms with Crippen LogP contribution in [0.15, 0.2) is 11.0 Å². The fourth-order valence-corrected chi connectivity index (χ4v) is 7.17. The molecule has 0 aromatic carbocycles. The van der Waals surface area contributed by atoms with Crippen molar-refractivity contribution in [2.24, 2.45) is 22.4 Å². The Morgan fingerprint density at radius 2 is 1.89 bits per heavy atom. The number of aliphatic hydroxyl groups is 2. The van der Waals surface area contributed by atoms with Gasteiger partial charge < -0.3 is 14.9 Å². The lowest BCUT2D eigenvalue weighted by molar-refractivity contribution is -0.154. The van der Waals surface area contributed by atoms with Gasteiger partial charge in [-0.1, -0.05) is 34.1 Å². The third kappa shape index (κ3) is 7.08. The Hall–Kier alpha value is -1.70. The first-order valence-electron chi connectivity index (χ1n) is 13.1. The standard InChI is InChI=1S/C26H41N3O7S2/c1-14-8-7-9-19-20(29(19)38(27,34)35)11-21(15(2)10-18-13-37-17(4)28-18)36-23(31)12-22(30)26(5,6)25(33)16(3)24(14)32/h10,13-14,16,19-22,24,30,32H,7-9,11-12H2,1-6H3,(H2,27,34,35)/t14?,16-,19?,20+,21+,22+,24+,29?/m1/s1. The van der Waals surface area contributed by atoms with Crippen LogP contribution in [0.4, 0.5) is 0 Å². The van der Waals surface area contributed by atoms with Crippen molar-refractivity contribution < 1.29 is 33.0 Å². The maximum absolute atomic E-state index is 13.2. The number of rotatable bonds is 3. The van der Waals surface area contributed by atoms with Crippen LogP contribution in [0.5, 0.6) is 0 Å². The summed E-state index contributed by atoms with van der Waals surface area (Å²) in [5, 5.41) is 30.0. The molecule has 4 N–H and O–H groups in total. The number of carbonyl (C=O) groups excluding carboxylic acids is 2. The predicted octanol–water partition coefficient (Wildman–Crippen LogP) is 2.58. The molecule has 10 nitrogen and oxygen atoms in total. The normalized spacial score (nSPS) is 35.9. The Kier molecular flexibility index (Phi) is 9.58. The summed E-state index contributed by atoms with van der Waals surface area (Å²) in [6.07, 6.45) is 0.259. The minimum atomic E-state index is -3.97. The number of nitrogens with two attached hydrogens (primary N) is 1. The van der Waals surface area contributed by atoms with Gasteiger partial charge in [0.15, 0.2) is 0 Å². The third-order valence-corrected chi connectivity index (χ3v) is 9.97. The SMILES string of the molecule is CC(=Cc1csc(C)n1)[C@@H]1C[C@H]2C(CCCC(C)[C@H](O)[C@@H](C)C(=O)C(C)(C)[C@@H](O)CC(=O)O1)N2S(N)(=O)=O. The number of hydrogen-bond acceptors (Lipinski definition) is 9. The number of aliphatic hydroxyl groups excluding tert-OH is 2. The van der Waals surface area contributed by atoms with E-state index in [1.165, 1.54) is 15.6 Å². The van der Waals surface area contributed by atoms with E-state index in [-0.39, 0.29) is 24.2 Å². The van der Waals surface area contributed by atoms with E-state index in [0.717, 1.165) is 5.01 Å². The molecule has 214 valence electrons. The third-order valence-electron chi connectivity index (χ3n) is 8.05. The Balaban J connectivity index is 1.94. The second-order valence-electron chi connectivity index (χ2n) is 11.4. The lowest BCUT2D eigenvalue weighted by atomic mass is 9.73. The van der Waals surface area contributed by atoms with Gasteiger partial charge in [0, 0.05) is 29.8 Å². The molecule has 0 bridgehead atoms. The molecular weight excluding hydrogens is 530 g/mol. The summed E-state index contributed by atoms with van der Waals surface area (Å²) in [4.78, 5) is 30.7. The van der Waals surface area contributed by atoms with Gasteiger partial charge in [0.25, 0.3) is 10.2 Å².